The van der Waals surface area contributed by atoms with Gasteiger partial charge in [0.2, 0.25) is 5.78 Å². The van der Waals surface area contributed by atoms with E-state index < -0.39 is 10.7 Å². The lowest BCUT2D eigenvalue weighted by Gasteiger charge is -2.18. The van der Waals surface area contributed by atoms with Crippen LogP contribution in [0.5, 0.6) is 0 Å². The number of hydrogen-bond donors (Lipinski definition) is 0. The van der Waals surface area contributed by atoms with E-state index in [1.165, 1.54) is 11.8 Å². The number of carbonyl (C=O) groups is 1. The number of halogens is 1. The van der Waals surface area contributed by atoms with Crippen LogP contribution in [0.4, 0.5) is 5.69 Å². The van der Waals surface area contributed by atoms with E-state index in [0.29, 0.717) is 34.6 Å². The number of ketones is 1. The third kappa shape index (κ3) is 3.98. The van der Waals surface area contributed by atoms with Crippen molar-refractivity contribution in [2.24, 2.45) is 0 Å². The summed E-state index contributed by atoms with van der Waals surface area (Å²) in [5.74, 6) is 0.258. The van der Waals surface area contributed by atoms with Gasteiger partial charge in [0.25, 0.3) is 0 Å². The quantitative estimate of drug-likeness (QED) is 0.351. The molecule has 120 valence electrons. The number of anilines is 1. The predicted octanol–water partition coefficient (Wildman–Crippen LogP) is 3.74. The van der Waals surface area contributed by atoms with Crippen LogP contribution in [0.1, 0.15) is 27.2 Å². The molecule has 1 aromatic heterocycles. The molecule has 1 fully saturated rings. The molecule has 2 rings (SSSR count). The highest BCUT2D eigenvalue weighted by Crippen LogP contribution is 2.35. The summed E-state index contributed by atoms with van der Waals surface area (Å²) in [6.45, 7) is 2.42. The molecule has 2 heterocycles. The smallest absolute Gasteiger partial charge is 0.328 e. The van der Waals surface area contributed by atoms with Crippen LogP contribution in [0.25, 0.3) is 0 Å². The minimum atomic E-state index is -0.581. The largest absolute Gasteiger partial charge is 0.341 e. The van der Waals surface area contributed by atoms with Crippen molar-refractivity contribution in [3.8, 4) is 0 Å². The molecule has 1 saturated heterocycles. The number of allylic oxidation sites excluding steroid dienone is 1. The molecule has 0 atom stereocenters. The van der Waals surface area contributed by atoms with Crippen molar-refractivity contribution in [3.63, 3.8) is 0 Å². The topological polar surface area (TPSA) is 76.3 Å². The van der Waals surface area contributed by atoms with Gasteiger partial charge in [-0.3, -0.25) is 14.9 Å². The molecule has 22 heavy (non-hydrogen) atoms. The summed E-state index contributed by atoms with van der Waals surface area (Å²) in [5.41, 5.74) is 0.373. The highest BCUT2D eigenvalue weighted by molar-refractivity contribution is 8.03. The van der Waals surface area contributed by atoms with E-state index in [1.54, 1.807) is 23.2 Å². The Kier molecular flexibility index (Phi) is 6.83. The van der Waals surface area contributed by atoms with E-state index in [2.05, 4.69) is 4.98 Å². The van der Waals surface area contributed by atoms with Crippen molar-refractivity contribution in [1.29, 1.82) is 0 Å². The Balaban J connectivity index is 0.00000242. The van der Waals surface area contributed by atoms with E-state index in [9.17, 15) is 14.9 Å². The van der Waals surface area contributed by atoms with Crippen LogP contribution >= 0.6 is 23.4 Å². The van der Waals surface area contributed by atoms with Gasteiger partial charge in [-0.25, -0.2) is 4.98 Å². The van der Waals surface area contributed by atoms with Crippen LogP contribution in [0.2, 0.25) is 5.15 Å². The molecule has 0 bridgehead atoms. The molecule has 0 radical (unpaired) electrons. The molecule has 0 spiro atoms. The number of thioether (sulfide) groups is 1. The fourth-order valence-corrected chi connectivity index (χ4v) is 3.28. The first-order valence-corrected chi connectivity index (χ1v) is 7.84. The Morgan fingerprint density at radius 1 is 1.55 bits per heavy atom. The average Bonchev–Trinajstić information content (AvgIpc) is 2.88. The molecule has 0 aromatic carbocycles. The van der Waals surface area contributed by atoms with Crippen molar-refractivity contribution in [1.82, 2.24) is 4.98 Å². The minimum absolute atomic E-state index is 0. The molecule has 1 aromatic rings. The maximum absolute atomic E-state index is 12.0. The first-order valence-electron chi connectivity index (χ1n) is 6.48. The predicted molar refractivity (Wildman–Crippen MR) is 89.7 cm³/mol. The number of hydrogen-bond acceptors (Lipinski definition) is 6. The van der Waals surface area contributed by atoms with Gasteiger partial charge < -0.3 is 4.90 Å². The lowest BCUT2D eigenvalue weighted by molar-refractivity contribution is -0.419. The molecule has 0 N–H and O–H groups in total. The third-order valence-corrected chi connectivity index (χ3v) is 4.25. The number of aromatic nitrogens is 1. The molecule has 6 nitrogen and oxygen atoms in total. The van der Waals surface area contributed by atoms with Crippen molar-refractivity contribution >= 4 is 34.8 Å². The SMILES string of the molecule is C.CCCC(=O)/C(=C1/SCCN1c1ccc(Cl)nc1)[N+](=O)[O-]. The second kappa shape index (κ2) is 8.14. The lowest BCUT2D eigenvalue weighted by Crippen LogP contribution is -2.23. The zero-order valence-corrected chi connectivity index (χ0v) is 13.0. The van der Waals surface area contributed by atoms with Gasteiger partial charge >= 0.3 is 5.70 Å². The van der Waals surface area contributed by atoms with E-state index in [-0.39, 0.29) is 19.5 Å². The van der Waals surface area contributed by atoms with Crippen LogP contribution in [-0.2, 0) is 4.79 Å². The van der Waals surface area contributed by atoms with Crippen molar-refractivity contribution in [2.45, 2.75) is 27.2 Å². The zero-order chi connectivity index (χ0) is 15.4. The van der Waals surface area contributed by atoms with Crippen LogP contribution < -0.4 is 4.90 Å². The summed E-state index contributed by atoms with van der Waals surface area (Å²) >= 11 is 7.07. The second-order valence-corrected chi connectivity index (χ2v) is 5.89. The molecular formula is C14H18ClN3O3S. The summed E-state index contributed by atoms with van der Waals surface area (Å²) in [7, 11) is 0. The third-order valence-electron chi connectivity index (χ3n) is 2.95. The number of nitrogens with zero attached hydrogens (tertiary/aromatic N) is 3. The Hall–Kier alpha value is -1.60. The fraction of sp³-hybridized carbons (Fsp3) is 0.429. The Bertz CT molecular complexity index is 590. The van der Waals surface area contributed by atoms with Crippen molar-refractivity contribution < 1.29 is 9.72 Å². The highest BCUT2D eigenvalue weighted by atomic mass is 35.5. The number of rotatable bonds is 5. The van der Waals surface area contributed by atoms with Crippen LogP contribution in [-0.4, -0.2) is 28.0 Å². The number of pyridine rings is 1. The van der Waals surface area contributed by atoms with Gasteiger partial charge in [0.05, 0.1) is 16.8 Å². The Morgan fingerprint density at radius 2 is 2.27 bits per heavy atom. The highest BCUT2D eigenvalue weighted by Gasteiger charge is 2.34. The lowest BCUT2D eigenvalue weighted by atomic mass is 10.2. The molecule has 0 aliphatic carbocycles. The van der Waals surface area contributed by atoms with Gasteiger partial charge in [0.15, 0.2) is 5.03 Å². The Labute approximate surface area is 138 Å². The van der Waals surface area contributed by atoms with E-state index in [0.717, 1.165) is 0 Å². The molecule has 0 saturated carbocycles. The first kappa shape index (κ1) is 18.4. The van der Waals surface area contributed by atoms with E-state index >= 15 is 0 Å². The Morgan fingerprint density at radius 3 is 2.82 bits per heavy atom. The fourth-order valence-electron chi connectivity index (χ4n) is 2.03. The molecule has 0 amide bonds. The molecule has 0 unspecified atom stereocenters. The molecule has 8 heteroatoms. The standard InChI is InChI=1S/C13H14ClN3O3S.CH4/c1-2-3-10(18)12(17(19)20)13-16(6-7-21-13)9-4-5-11(14)15-8-9;/h4-5,8H,2-3,6-7H2,1H3;1H4/b13-12-;. The van der Waals surface area contributed by atoms with Gasteiger partial charge in [-0.1, -0.05) is 37.7 Å². The molecule has 1 aliphatic heterocycles. The summed E-state index contributed by atoms with van der Waals surface area (Å²) in [4.78, 5) is 28.5. The average molecular weight is 344 g/mol. The van der Waals surface area contributed by atoms with Crippen LogP contribution in [0.3, 0.4) is 0 Å². The zero-order valence-electron chi connectivity index (χ0n) is 11.4. The van der Waals surface area contributed by atoms with E-state index in [1.807, 2.05) is 6.92 Å². The van der Waals surface area contributed by atoms with E-state index in [4.69, 9.17) is 11.6 Å². The molecular weight excluding hydrogens is 326 g/mol. The van der Waals surface area contributed by atoms with Gasteiger partial charge in [0.1, 0.15) is 5.15 Å². The summed E-state index contributed by atoms with van der Waals surface area (Å²) in [6, 6.07) is 3.36. The van der Waals surface area contributed by atoms with Crippen molar-refractivity contribution in [3.05, 3.63) is 44.3 Å². The van der Waals surface area contributed by atoms with Crippen LogP contribution in [0, 0.1) is 10.1 Å². The number of Topliss-reactive ketones (excluding diaryl/α,β-unsaturated/α-hetero) is 1. The maximum Gasteiger partial charge on any atom is 0.341 e. The summed E-state index contributed by atoms with van der Waals surface area (Å²) in [5, 5.41) is 12.0. The van der Waals surface area contributed by atoms with Crippen LogP contribution in [0.15, 0.2) is 29.1 Å². The normalized spacial score (nSPS) is 16.2. The van der Waals surface area contributed by atoms with Crippen molar-refractivity contribution in [2.75, 3.05) is 17.2 Å². The monoisotopic (exact) mass is 343 g/mol. The second-order valence-electron chi connectivity index (χ2n) is 4.42. The van der Waals surface area contributed by atoms with Gasteiger partial charge in [-0.2, -0.15) is 0 Å². The maximum atomic E-state index is 12.0. The minimum Gasteiger partial charge on any atom is -0.328 e. The van der Waals surface area contributed by atoms with Gasteiger partial charge in [-0.05, 0) is 18.6 Å². The summed E-state index contributed by atoms with van der Waals surface area (Å²) < 4.78 is 0. The number of nitro groups is 1. The molecule has 1 aliphatic rings. The first-order chi connectivity index (χ1) is 10.0. The summed E-state index contributed by atoms with van der Waals surface area (Å²) in [6.07, 6.45) is 2.31. The van der Waals surface area contributed by atoms with Gasteiger partial charge in [-0.15, -0.1) is 0 Å². The van der Waals surface area contributed by atoms with Gasteiger partial charge in [0, 0.05) is 18.7 Å². The number of carbonyl (C=O) groups excluding carboxylic acids is 1.